The van der Waals surface area contributed by atoms with Gasteiger partial charge in [0.25, 0.3) is 0 Å². The topological polar surface area (TPSA) is 41.6 Å². The molecule has 3 rings (SSSR count). The molecule has 2 aromatic heterocycles. The van der Waals surface area contributed by atoms with E-state index in [1.165, 1.54) is 18.4 Å². The van der Waals surface area contributed by atoms with Gasteiger partial charge < -0.3 is 4.98 Å². The fraction of sp³-hybridized carbons (Fsp3) is 0.400. The van der Waals surface area contributed by atoms with Crippen LogP contribution in [0, 0.1) is 6.92 Å². The minimum Gasteiger partial charge on any atom is -0.340 e. The lowest BCUT2D eigenvalue weighted by atomic mass is 10.3. The molecule has 1 aliphatic carbocycles. The first kappa shape index (κ1) is 7.06. The van der Waals surface area contributed by atoms with Crippen molar-refractivity contribution in [3.63, 3.8) is 0 Å². The summed E-state index contributed by atoms with van der Waals surface area (Å²) in [6.07, 6.45) is 4.41. The second kappa shape index (κ2) is 2.31. The molecule has 0 spiro atoms. The lowest BCUT2D eigenvalue weighted by molar-refractivity contribution is 0.983. The zero-order valence-corrected chi connectivity index (χ0v) is 7.54. The number of aromatic amines is 1. The Bertz CT molecular complexity index is 454. The van der Waals surface area contributed by atoms with Crippen LogP contribution in [-0.4, -0.2) is 15.0 Å². The van der Waals surface area contributed by atoms with Crippen molar-refractivity contribution in [2.45, 2.75) is 25.7 Å². The predicted molar refractivity (Wildman–Crippen MR) is 50.6 cm³/mol. The van der Waals surface area contributed by atoms with Gasteiger partial charge in [0.05, 0.1) is 5.52 Å². The molecule has 1 fully saturated rings. The Morgan fingerprint density at radius 2 is 2.31 bits per heavy atom. The SMILES string of the molecule is Cc1cnc2nc(C3CC3)[nH]c2c1. The number of imidazole rings is 1. The summed E-state index contributed by atoms with van der Waals surface area (Å²) in [6, 6.07) is 2.10. The summed E-state index contributed by atoms with van der Waals surface area (Å²) in [4.78, 5) is 12.0. The highest BCUT2D eigenvalue weighted by atomic mass is 15.0. The monoisotopic (exact) mass is 173 g/mol. The molecule has 0 bridgehead atoms. The number of aromatic nitrogens is 3. The molecule has 1 saturated carbocycles. The maximum absolute atomic E-state index is 4.45. The van der Waals surface area contributed by atoms with E-state index in [2.05, 4.69) is 21.0 Å². The van der Waals surface area contributed by atoms with E-state index in [0.29, 0.717) is 5.92 Å². The van der Waals surface area contributed by atoms with Crippen LogP contribution in [0.4, 0.5) is 0 Å². The largest absolute Gasteiger partial charge is 0.340 e. The Balaban J connectivity index is 2.20. The fourth-order valence-corrected chi connectivity index (χ4v) is 1.57. The minimum absolute atomic E-state index is 0.675. The number of fused-ring (bicyclic) bond motifs is 1. The van der Waals surface area contributed by atoms with E-state index >= 15 is 0 Å². The third kappa shape index (κ3) is 1.11. The Labute approximate surface area is 76.2 Å². The van der Waals surface area contributed by atoms with Gasteiger partial charge in [0.1, 0.15) is 5.82 Å². The fourth-order valence-electron chi connectivity index (χ4n) is 1.57. The number of rotatable bonds is 1. The van der Waals surface area contributed by atoms with E-state index in [0.717, 1.165) is 17.0 Å². The Kier molecular flexibility index (Phi) is 1.26. The van der Waals surface area contributed by atoms with Gasteiger partial charge in [0.15, 0.2) is 5.65 Å². The van der Waals surface area contributed by atoms with Gasteiger partial charge >= 0.3 is 0 Å². The molecule has 0 amide bonds. The average Bonchev–Trinajstić information content (AvgIpc) is 2.87. The number of aryl methyl sites for hydroxylation is 1. The van der Waals surface area contributed by atoms with Crippen molar-refractivity contribution in [3.05, 3.63) is 23.7 Å². The number of hydrogen-bond donors (Lipinski definition) is 1. The maximum atomic E-state index is 4.45. The van der Waals surface area contributed by atoms with Crippen LogP contribution in [0.25, 0.3) is 11.2 Å². The molecule has 0 saturated heterocycles. The summed E-state index contributed by atoms with van der Waals surface area (Å²) in [6.45, 7) is 2.05. The molecule has 0 atom stereocenters. The van der Waals surface area contributed by atoms with Gasteiger partial charge in [-0.05, 0) is 31.4 Å². The number of H-pyrrole nitrogens is 1. The zero-order chi connectivity index (χ0) is 8.84. The molecule has 0 aromatic carbocycles. The molecule has 13 heavy (non-hydrogen) atoms. The van der Waals surface area contributed by atoms with Crippen molar-refractivity contribution in [2.75, 3.05) is 0 Å². The number of hydrogen-bond acceptors (Lipinski definition) is 2. The molecule has 3 heteroatoms. The molecule has 1 N–H and O–H groups in total. The van der Waals surface area contributed by atoms with Crippen molar-refractivity contribution in [1.29, 1.82) is 0 Å². The van der Waals surface area contributed by atoms with Gasteiger partial charge in [-0.15, -0.1) is 0 Å². The van der Waals surface area contributed by atoms with Gasteiger partial charge in [-0.1, -0.05) is 0 Å². The van der Waals surface area contributed by atoms with Crippen molar-refractivity contribution >= 4 is 11.2 Å². The van der Waals surface area contributed by atoms with E-state index < -0.39 is 0 Å². The van der Waals surface area contributed by atoms with E-state index in [-0.39, 0.29) is 0 Å². The summed E-state index contributed by atoms with van der Waals surface area (Å²) in [5.74, 6) is 1.79. The normalized spacial score (nSPS) is 16.7. The van der Waals surface area contributed by atoms with Gasteiger partial charge in [-0.2, -0.15) is 0 Å². The molecule has 1 aliphatic rings. The Hall–Kier alpha value is -1.38. The molecule has 66 valence electrons. The maximum Gasteiger partial charge on any atom is 0.177 e. The minimum atomic E-state index is 0.675. The zero-order valence-electron chi connectivity index (χ0n) is 7.54. The molecule has 2 aromatic rings. The van der Waals surface area contributed by atoms with Crippen molar-refractivity contribution in [3.8, 4) is 0 Å². The van der Waals surface area contributed by atoms with Crippen molar-refractivity contribution in [1.82, 2.24) is 15.0 Å². The summed E-state index contributed by atoms with van der Waals surface area (Å²) in [7, 11) is 0. The van der Waals surface area contributed by atoms with Gasteiger partial charge in [-0.3, -0.25) is 0 Å². The van der Waals surface area contributed by atoms with E-state index in [1.807, 2.05) is 13.1 Å². The van der Waals surface area contributed by atoms with Crippen LogP contribution in [0.2, 0.25) is 0 Å². The van der Waals surface area contributed by atoms with Crippen LogP contribution in [0.1, 0.15) is 30.1 Å². The van der Waals surface area contributed by atoms with E-state index in [4.69, 9.17) is 0 Å². The van der Waals surface area contributed by atoms with Gasteiger partial charge in [0, 0.05) is 12.1 Å². The van der Waals surface area contributed by atoms with Crippen molar-refractivity contribution < 1.29 is 0 Å². The molecular formula is C10H11N3. The third-order valence-electron chi connectivity index (χ3n) is 2.46. The molecule has 0 radical (unpaired) electrons. The smallest absolute Gasteiger partial charge is 0.177 e. The quantitative estimate of drug-likeness (QED) is 0.717. The first-order valence-electron chi connectivity index (χ1n) is 4.65. The van der Waals surface area contributed by atoms with Crippen LogP contribution >= 0.6 is 0 Å². The highest BCUT2D eigenvalue weighted by molar-refractivity contribution is 5.71. The summed E-state index contributed by atoms with van der Waals surface area (Å²) >= 11 is 0. The summed E-state index contributed by atoms with van der Waals surface area (Å²) in [5.41, 5.74) is 3.10. The summed E-state index contributed by atoms with van der Waals surface area (Å²) in [5, 5.41) is 0. The first-order chi connectivity index (χ1) is 6.33. The van der Waals surface area contributed by atoms with Crippen LogP contribution in [-0.2, 0) is 0 Å². The number of pyridine rings is 1. The first-order valence-corrected chi connectivity index (χ1v) is 4.65. The Morgan fingerprint density at radius 1 is 1.46 bits per heavy atom. The predicted octanol–water partition coefficient (Wildman–Crippen LogP) is 2.14. The van der Waals surface area contributed by atoms with Gasteiger partial charge in [0.2, 0.25) is 0 Å². The van der Waals surface area contributed by atoms with Crippen LogP contribution in [0.15, 0.2) is 12.3 Å². The molecule has 0 aliphatic heterocycles. The van der Waals surface area contributed by atoms with E-state index in [1.54, 1.807) is 0 Å². The average molecular weight is 173 g/mol. The second-order valence-corrected chi connectivity index (χ2v) is 3.78. The second-order valence-electron chi connectivity index (χ2n) is 3.78. The van der Waals surface area contributed by atoms with E-state index in [9.17, 15) is 0 Å². The van der Waals surface area contributed by atoms with Crippen molar-refractivity contribution in [2.24, 2.45) is 0 Å². The Morgan fingerprint density at radius 3 is 3.08 bits per heavy atom. The highest BCUT2D eigenvalue weighted by Crippen LogP contribution is 2.38. The van der Waals surface area contributed by atoms with Gasteiger partial charge in [-0.25, -0.2) is 9.97 Å². The third-order valence-corrected chi connectivity index (χ3v) is 2.46. The molecular weight excluding hydrogens is 162 g/mol. The number of nitrogens with one attached hydrogen (secondary N) is 1. The number of nitrogens with zero attached hydrogens (tertiary/aromatic N) is 2. The van der Waals surface area contributed by atoms with Crippen LogP contribution in [0.3, 0.4) is 0 Å². The summed E-state index contributed by atoms with van der Waals surface area (Å²) < 4.78 is 0. The van der Waals surface area contributed by atoms with Crippen LogP contribution < -0.4 is 0 Å². The van der Waals surface area contributed by atoms with Crippen LogP contribution in [0.5, 0.6) is 0 Å². The standard InChI is InChI=1S/C10H11N3/c1-6-4-8-10(11-5-6)13-9(12-8)7-2-3-7/h4-5,7H,2-3H2,1H3,(H,11,12,13). The molecule has 2 heterocycles. The lowest BCUT2D eigenvalue weighted by Gasteiger charge is -1.88. The molecule has 0 unspecified atom stereocenters. The highest BCUT2D eigenvalue weighted by Gasteiger charge is 2.26. The lowest BCUT2D eigenvalue weighted by Crippen LogP contribution is -1.79. The molecule has 3 nitrogen and oxygen atoms in total.